The average molecular weight is 257 g/mol. The third-order valence-electron chi connectivity index (χ3n) is 3.73. The van der Waals surface area contributed by atoms with Crippen LogP contribution in [0.15, 0.2) is 24.3 Å². The first-order valence-corrected chi connectivity index (χ1v) is 7.31. The van der Waals surface area contributed by atoms with Crippen LogP contribution in [0.5, 0.6) is 0 Å². The molecule has 102 valence electrons. The number of unbranched alkanes of at least 4 members (excludes halogenated alkanes) is 4. The highest BCUT2D eigenvalue weighted by atomic mass is 16.1. The number of hydrogen-bond acceptors (Lipinski definition) is 1. The second-order valence-corrected chi connectivity index (χ2v) is 5.26. The van der Waals surface area contributed by atoms with Gasteiger partial charge in [-0.05, 0) is 42.5 Å². The normalized spacial score (nSPS) is 16.3. The largest absolute Gasteiger partial charge is 0.348 e. The first-order valence-electron chi connectivity index (χ1n) is 7.31. The minimum Gasteiger partial charge on any atom is -0.348 e. The van der Waals surface area contributed by atoms with Gasteiger partial charge in [0.05, 0.1) is 0 Å². The fourth-order valence-electron chi connectivity index (χ4n) is 2.66. The fourth-order valence-corrected chi connectivity index (χ4v) is 2.66. The first-order chi connectivity index (χ1) is 9.24. The van der Waals surface area contributed by atoms with Gasteiger partial charge in [0.25, 0.3) is 5.91 Å². The molecule has 0 aliphatic carbocycles. The van der Waals surface area contributed by atoms with Crippen molar-refractivity contribution in [2.75, 3.05) is 6.54 Å². The van der Waals surface area contributed by atoms with E-state index < -0.39 is 0 Å². The zero-order valence-electron chi connectivity index (χ0n) is 12.0. The van der Waals surface area contributed by atoms with Crippen molar-refractivity contribution in [2.24, 2.45) is 0 Å². The van der Waals surface area contributed by atoms with E-state index in [-0.39, 0.29) is 5.91 Å². The van der Waals surface area contributed by atoms with E-state index >= 15 is 0 Å². The molecule has 1 amide bonds. The van der Waals surface area contributed by atoms with Gasteiger partial charge in [-0.15, -0.1) is 0 Å². The molecule has 0 unspecified atom stereocenters. The molecule has 2 nitrogen and oxygen atoms in total. The minimum atomic E-state index is 0.0573. The molecule has 0 aromatic heterocycles. The predicted octanol–water partition coefficient (Wildman–Crippen LogP) is 4.09. The average Bonchev–Trinajstić information content (AvgIpc) is 2.41. The Morgan fingerprint density at radius 3 is 2.89 bits per heavy atom. The van der Waals surface area contributed by atoms with Crippen LogP contribution in [-0.2, 0) is 0 Å². The van der Waals surface area contributed by atoms with Gasteiger partial charge in [0, 0.05) is 12.1 Å². The molecule has 1 N–H and O–H groups in total. The molecule has 0 saturated heterocycles. The summed E-state index contributed by atoms with van der Waals surface area (Å²) in [5.41, 5.74) is 4.46. The van der Waals surface area contributed by atoms with Crippen molar-refractivity contribution in [3.8, 4) is 0 Å². The molecule has 1 aromatic rings. The predicted molar refractivity (Wildman–Crippen MR) is 80.2 cm³/mol. The van der Waals surface area contributed by atoms with Crippen LogP contribution in [-0.4, -0.2) is 12.5 Å². The van der Waals surface area contributed by atoms with Crippen molar-refractivity contribution in [1.29, 1.82) is 0 Å². The summed E-state index contributed by atoms with van der Waals surface area (Å²) in [7, 11) is 0. The fraction of sp³-hybridized carbons (Fsp3) is 0.471. The maximum absolute atomic E-state index is 11.9. The molecule has 0 saturated carbocycles. The monoisotopic (exact) mass is 257 g/mol. The molecule has 1 heterocycles. The summed E-state index contributed by atoms with van der Waals surface area (Å²) in [6.07, 6.45) is 8.55. The van der Waals surface area contributed by atoms with E-state index in [0.717, 1.165) is 17.5 Å². The van der Waals surface area contributed by atoms with Crippen LogP contribution in [0, 0.1) is 6.92 Å². The van der Waals surface area contributed by atoms with Gasteiger partial charge in [-0.3, -0.25) is 4.79 Å². The summed E-state index contributed by atoms with van der Waals surface area (Å²) >= 11 is 0. The number of carbonyl (C=O) groups is 1. The summed E-state index contributed by atoms with van der Waals surface area (Å²) < 4.78 is 0. The van der Waals surface area contributed by atoms with E-state index in [0.29, 0.717) is 6.54 Å². The number of amides is 1. The van der Waals surface area contributed by atoms with Gasteiger partial charge in [0.2, 0.25) is 0 Å². The van der Waals surface area contributed by atoms with E-state index in [1.807, 2.05) is 12.1 Å². The van der Waals surface area contributed by atoms with Crippen LogP contribution >= 0.6 is 0 Å². The second kappa shape index (κ2) is 6.55. The second-order valence-electron chi connectivity index (χ2n) is 5.26. The molecule has 0 radical (unpaired) electrons. The van der Waals surface area contributed by atoms with E-state index in [2.05, 4.69) is 31.3 Å². The molecule has 2 heteroatoms. The van der Waals surface area contributed by atoms with Gasteiger partial charge in [0.1, 0.15) is 0 Å². The number of nitrogens with one attached hydrogen (secondary N) is 1. The number of hydrogen-bond donors (Lipinski definition) is 1. The lowest BCUT2D eigenvalue weighted by Crippen LogP contribution is -2.31. The third-order valence-corrected chi connectivity index (χ3v) is 3.73. The summed E-state index contributed by atoms with van der Waals surface area (Å²) in [4.78, 5) is 11.9. The van der Waals surface area contributed by atoms with Crippen LogP contribution in [0.4, 0.5) is 0 Å². The quantitative estimate of drug-likeness (QED) is 0.791. The van der Waals surface area contributed by atoms with Gasteiger partial charge >= 0.3 is 0 Å². The lowest BCUT2D eigenvalue weighted by molar-refractivity contribution is 0.0954. The molecule has 1 aromatic carbocycles. The van der Waals surface area contributed by atoms with Crippen LogP contribution in [0.25, 0.3) is 5.57 Å². The molecule has 19 heavy (non-hydrogen) atoms. The van der Waals surface area contributed by atoms with Gasteiger partial charge in [-0.2, -0.15) is 0 Å². The summed E-state index contributed by atoms with van der Waals surface area (Å²) in [5.74, 6) is 0.0573. The van der Waals surface area contributed by atoms with E-state index in [1.165, 1.54) is 36.8 Å². The number of benzene rings is 1. The zero-order chi connectivity index (χ0) is 13.7. The molecule has 0 spiro atoms. The molecule has 0 atom stereocenters. The van der Waals surface area contributed by atoms with E-state index in [9.17, 15) is 4.79 Å². The van der Waals surface area contributed by atoms with Crippen molar-refractivity contribution >= 4 is 11.5 Å². The van der Waals surface area contributed by atoms with Gasteiger partial charge in [-0.1, -0.05) is 44.4 Å². The summed E-state index contributed by atoms with van der Waals surface area (Å²) in [5, 5.41) is 2.96. The molecular weight excluding hydrogens is 234 g/mol. The number of allylic oxidation sites excluding steroid dienone is 1. The van der Waals surface area contributed by atoms with Crippen molar-refractivity contribution in [2.45, 2.75) is 46.0 Å². The Balaban J connectivity index is 2.14. The molecule has 1 aliphatic rings. The van der Waals surface area contributed by atoms with Crippen LogP contribution in [0.3, 0.4) is 0 Å². The summed E-state index contributed by atoms with van der Waals surface area (Å²) in [6.45, 7) is 4.99. The van der Waals surface area contributed by atoms with Gasteiger partial charge < -0.3 is 5.32 Å². The molecule has 0 bridgehead atoms. The Kier molecular flexibility index (Phi) is 4.78. The van der Waals surface area contributed by atoms with E-state index in [1.54, 1.807) is 0 Å². The maximum atomic E-state index is 11.9. The molecule has 2 rings (SSSR count). The minimum absolute atomic E-state index is 0.0573. The first kappa shape index (κ1) is 13.9. The van der Waals surface area contributed by atoms with Crippen LogP contribution < -0.4 is 5.32 Å². The van der Waals surface area contributed by atoms with Gasteiger partial charge in [-0.25, -0.2) is 0 Å². The van der Waals surface area contributed by atoms with Crippen molar-refractivity contribution < 1.29 is 4.79 Å². The van der Waals surface area contributed by atoms with Gasteiger partial charge in [0.15, 0.2) is 0 Å². The van der Waals surface area contributed by atoms with Crippen LogP contribution in [0.1, 0.15) is 60.5 Å². The standard InChI is InChI=1S/C17H23NO/c1-3-4-5-6-7-10-14-12-18-17(19)15-11-8-9-13(2)16(14)15/h8-11H,3-7,12H2,1-2H3,(H,18,19)/b14-10-. The topological polar surface area (TPSA) is 29.1 Å². The highest BCUT2D eigenvalue weighted by Crippen LogP contribution is 2.27. The third kappa shape index (κ3) is 3.25. The maximum Gasteiger partial charge on any atom is 0.252 e. The van der Waals surface area contributed by atoms with Crippen molar-refractivity contribution in [3.05, 3.63) is 41.0 Å². The molecular formula is C17H23NO. The Morgan fingerprint density at radius 1 is 1.26 bits per heavy atom. The zero-order valence-corrected chi connectivity index (χ0v) is 12.0. The van der Waals surface area contributed by atoms with Crippen LogP contribution in [0.2, 0.25) is 0 Å². The number of rotatable bonds is 5. The Labute approximate surface area is 115 Å². The lowest BCUT2D eigenvalue weighted by atomic mass is 9.90. The molecule has 0 fully saturated rings. The molecule has 1 aliphatic heterocycles. The number of fused-ring (bicyclic) bond motifs is 1. The lowest BCUT2D eigenvalue weighted by Gasteiger charge is -2.21. The highest BCUT2D eigenvalue weighted by molar-refractivity contribution is 6.03. The Morgan fingerprint density at radius 2 is 2.11 bits per heavy atom. The summed E-state index contributed by atoms with van der Waals surface area (Å²) in [6, 6.07) is 5.96. The Bertz CT molecular complexity index is 488. The highest BCUT2D eigenvalue weighted by Gasteiger charge is 2.21. The smallest absolute Gasteiger partial charge is 0.252 e. The Hall–Kier alpha value is -1.57. The number of carbonyl (C=O) groups excluding carboxylic acids is 1. The SMILES string of the molecule is CCCCCC/C=C1/CNC(=O)c2cccc(C)c21. The number of aryl methyl sites for hydroxylation is 1. The van der Waals surface area contributed by atoms with Crippen molar-refractivity contribution in [1.82, 2.24) is 5.32 Å². The van der Waals surface area contributed by atoms with Crippen molar-refractivity contribution in [3.63, 3.8) is 0 Å². The van der Waals surface area contributed by atoms with E-state index in [4.69, 9.17) is 0 Å².